The molecule has 5 heteroatoms. The fourth-order valence-corrected chi connectivity index (χ4v) is 0.619. The summed E-state index contributed by atoms with van der Waals surface area (Å²) in [7, 11) is 0. The van der Waals surface area contributed by atoms with Crippen molar-refractivity contribution in [3.05, 3.63) is 34.4 Å². The number of benzene rings is 1. The molecule has 0 saturated heterocycles. The second-order valence-corrected chi connectivity index (χ2v) is 1.75. The van der Waals surface area contributed by atoms with E-state index in [1.54, 1.807) is 0 Å². The molecule has 0 amide bonds. The summed E-state index contributed by atoms with van der Waals surface area (Å²) in [6.07, 6.45) is 0. The van der Waals surface area contributed by atoms with Crippen LogP contribution < -0.4 is 0 Å². The van der Waals surface area contributed by atoms with Crippen LogP contribution in [0.5, 0.6) is 5.75 Å². The van der Waals surface area contributed by atoms with Crippen LogP contribution in [0.15, 0.2) is 24.3 Å². The molecule has 1 aromatic rings. The number of aromatic hydroxyl groups is 1. The smallest absolute Gasteiger partial charge is 0.310 e. The van der Waals surface area contributed by atoms with Crippen molar-refractivity contribution >= 4 is 5.69 Å². The molecule has 0 fully saturated rings. The zero-order valence-corrected chi connectivity index (χ0v) is 7.08. The van der Waals surface area contributed by atoms with Gasteiger partial charge < -0.3 is 5.11 Å². The average molecular weight is 187 g/mol. The molecule has 0 saturated carbocycles. The van der Waals surface area contributed by atoms with Crippen LogP contribution in [0.1, 0.15) is 0 Å². The number of nitro benzene ring substituents is 1. The molecule has 4 nitrogen and oxygen atoms in total. The number of hydrogen-bond donors (Lipinski definition) is 1. The maximum Gasteiger partial charge on any atom is 0.310 e. The molecule has 11 heavy (non-hydrogen) atoms. The van der Waals surface area contributed by atoms with Crippen LogP contribution in [-0.4, -0.2) is 10.0 Å². The average Bonchev–Trinajstić information content (AvgIpc) is 1.88. The fraction of sp³-hybridized carbons (Fsp3) is 0. The van der Waals surface area contributed by atoms with Gasteiger partial charge in [-0.3, -0.25) is 10.1 Å². The summed E-state index contributed by atoms with van der Waals surface area (Å²) in [5.41, 5.74) is -0.262. The number of rotatable bonds is 1. The number of para-hydroxylation sites is 2. The Morgan fingerprint density at radius 3 is 2.27 bits per heavy atom. The Balaban J connectivity index is 0.000001000. The zero-order chi connectivity index (χ0) is 7.56. The third-order valence-electron chi connectivity index (χ3n) is 1.08. The van der Waals surface area contributed by atoms with E-state index in [-0.39, 0.29) is 33.2 Å². The minimum atomic E-state index is -0.630. The summed E-state index contributed by atoms with van der Waals surface area (Å²) >= 11 is 0. The van der Waals surface area contributed by atoms with Gasteiger partial charge in [-0.1, -0.05) is 12.1 Å². The van der Waals surface area contributed by atoms with Gasteiger partial charge in [0.25, 0.3) is 0 Å². The van der Waals surface area contributed by atoms with Gasteiger partial charge in [0.1, 0.15) is 0 Å². The molecule has 1 aromatic carbocycles. The van der Waals surface area contributed by atoms with Gasteiger partial charge >= 0.3 is 5.69 Å². The van der Waals surface area contributed by atoms with Crippen molar-refractivity contribution in [3.63, 3.8) is 0 Å². The molecule has 0 radical (unpaired) electrons. The molecule has 0 bridgehead atoms. The molecule has 0 atom stereocenters. The van der Waals surface area contributed by atoms with Crippen LogP contribution in [-0.2, 0) is 21.7 Å². The zero-order valence-electron chi connectivity index (χ0n) is 5.52. The molecule has 0 aliphatic carbocycles. The summed E-state index contributed by atoms with van der Waals surface area (Å²) in [6.45, 7) is 0. The van der Waals surface area contributed by atoms with Crippen molar-refractivity contribution in [2.24, 2.45) is 0 Å². The first-order valence-corrected chi connectivity index (χ1v) is 2.64. The van der Waals surface area contributed by atoms with Gasteiger partial charge in [0.15, 0.2) is 5.75 Å². The third kappa shape index (κ3) is 2.33. The molecule has 0 unspecified atom stereocenters. The van der Waals surface area contributed by atoms with Gasteiger partial charge in [-0.05, 0) is 6.07 Å². The first kappa shape index (κ1) is 10.1. The van der Waals surface area contributed by atoms with Gasteiger partial charge in [0, 0.05) is 27.8 Å². The predicted octanol–water partition coefficient (Wildman–Crippen LogP) is 1.30. The van der Waals surface area contributed by atoms with Gasteiger partial charge in [-0.25, -0.2) is 0 Å². The maximum atomic E-state index is 10.1. The quantitative estimate of drug-likeness (QED) is 0.409. The molecule has 1 N–H and O–H groups in total. The Labute approximate surface area is 77.9 Å². The van der Waals surface area contributed by atoms with Crippen molar-refractivity contribution < 1.29 is 31.7 Å². The largest absolute Gasteiger partial charge is 0.502 e. The number of nitro groups is 1. The standard InChI is InChI=1S/C6H5NO3.Ti/c8-6-4-2-1-3-5(6)7(9)10;/h1-4,8H;. The summed E-state index contributed by atoms with van der Waals surface area (Å²) in [5, 5.41) is 18.9. The number of phenols is 1. The van der Waals surface area contributed by atoms with E-state index in [1.807, 2.05) is 0 Å². The van der Waals surface area contributed by atoms with Crippen molar-refractivity contribution in [2.75, 3.05) is 0 Å². The molecule has 56 valence electrons. The Bertz CT molecular complexity index is 264. The fourth-order valence-electron chi connectivity index (χ4n) is 0.619. The molecule has 0 spiro atoms. The van der Waals surface area contributed by atoms with Crippen LogP contribution >= 0.6 is 0 Å². The molecule has 0 aliphatic heterocycles. The summed E-state index contributed by atoms with van der Waals surface area (Å²) in [5.74, 6) is -0.299. The van der Waals surface area contributed by atoms with Crippen LogP contribution in [0.3, 0.4) is 0 Å². The van der Waals surface area contributed by atoms with Crippen LogP contribution in [0.4, 0.5) is 5.69 Å². The van der Waals surface area contributed by atoms with Crippen LogP contribution in [0, 0.1) is 10.1 Å². The first-order chi connectivity index (χ1) is 4.72. The SMILES string of the molecule is O=[N+]([O-])c1ccccc1O.[Ti]. The Morgan fingerprint density at radius 1 is 1.36 bits per heavy atom. The minimum absolute atomic E-state index is 0. The van der Waals surface area contributed by atoms with Gasteiger partial charge in [-0.15, -0.1) is 0 Å². The maximum absolute atomic E-state index is 10.1. The minimum Gasteiger partial charge on any atom is -0.502 e. The van der Waals surface area contributed by atoms with Gasteiger partial charge in [-0.2, -0.15) is 0 Å². The molecular weight excluding hydrogens is 182 g/mol. The number of nitrogens with zero attached hydrogens (tertiary/aromatic N) is 1. The summed E-state index contributed by atoms with van der Waals surface area (Å²) in [4.78, 5) is 9.44. The van der Waals surface area contributed by atoms with E-state index in [0.717, 1.165) is 0 Å². The van der Waals surface area contributed by atoms with E-state index in [2.05, 4.69) is 0 Å². The van der Waals surface area contributed by atoms with Crippen molar-refractivity contribution in [2.45, 2.75) is 0 Å². The van der Waals surface area contributed by atoms with E-state index < -0.39 is 4.92 Å². The third-order valence-corrected chi connectivity index (χ3v) is 1.08. The Kier molecular flexibility index (Phi) is 3.78. The second-order valence-electron chi connectivity index (χ2n) is 1.75. The van der Waals surface area contributed by atoms with E-state index in [1.165, 1.54) is 24.3 Å². The Morgan fingerprint density at radius 2 is 1.91 bits per heavy atom. The monoisotopic (exact) mass is 187 g/mol. The van der Waals surface area contributed by atoms with E-state index in [0.29, 0.717) is 0 Å². The first-order valence-electron chi connectivity index (χ1n) is 2.64. The summed E-state index contributed by atoms with van der Waals surface area (Å²) < 4.78 is 0. The predicted molar refractivity (Wildman–Crippen MR) is 34.8 cm³/mol. The molecule has 0 aromatic heterocycles. The molecular formula is C6H5NO3Ti. The number of phenolic OH excluding ortho intramolecular Hbond substituents is 1. The van der Waals surface area contributed by atoms with E-state index in [9.17, 15) is 10.1 Å². The van der Waals surface area contributed by atoms with Gasteiger partial charge in [0.2, 0.25) is 0 Å². The van der Waals surface area contributed by atoms with E-state index >= 15 is 0 Å². The van der Waals surface area contributed by atoms with E-state index in [4.69, 9.17) is 5.11 Å². The number of hydrogen-bond acceptors (Lipinski definition) is 3. The van der Waals surface area contributed by atoms with Crippen molar-refractivity contribution in [1.29, 1.82) is 0 Å². The topological polar surface area (TPSA) is 63.4 Å². The Hall–Kier alpha value is -0.866. The molecule has 0 heterocycles. The van der Waals surface area contributed by atoms with Crippen LogP contribution in [0.2, 0.25) is 0 Å². The molecule has 0 aliphatic rings. The summed E-state index contributed by atoms with van der Waals surface area (Å²) in [6, 6.07) is 5.55. The van der Waals surface area contributed by atoms with Crippen molar-refractivity contribution in [1.82, 2.24) is 0 Å². The normalized spacial score (nSPS) is 8.36. The van der Waals surface area contributed by atoms with Crippen molar-refractivity contribution in [3.8, 4) is 5.75 Å². The second kappa shape index (κ2) is 4.10. The molecule has 1 rings (SSSR count). The van der Waals surface area contributed by atoms with Crippen LogP contribution in [0.25, 0.3) is 0 Å². The van der Waals surface area contributed by atoms with Gasteiger partial charge in [0.05, 0.1) is 4.92 Å².